The lowest BCUT2D eigenvalue weighted by Crippen LogP contribution is -2.52. The highest BCUT2D eigenvalue weighted by Crippen LogP contribution is 2.28. The Morgan fingerprint density at radius 3 is 2.38 bits per heavy atom. The van der Waals surface area contributed by atoms with E-state index in [0.717, 1.165) is 30.3 Å². The fourth-order valence-electron chi connectivity index (χ4n) is 4.27. The number of nitrogens with zero attached hydrogens (tertiary/aromatic N) is 4. The first kappa shape index (κ1) is 20.7. The second-order valence-corrected chi connectivity index (χ2v) is 8.69. The highest BCUT2D eigenvalue weighted by Gasteiger charge is 2.36. The van der Waals surface area contributed by atoms with Gasteiger partial charge in [-0.05, 0) is 36.4 Å². The SMILES string of the molecule is O=C(c1cscn1)N1CCN(C2CC(=O)N(c3ccc(Oc4ccccc4)cc3)C2)CC1. The van der Waals surface area contributed by atoms with E-state index in [-0.39, 0.29) is 17.9 Å². The Morgan fingerprint density at radius 2 is 1.69 bits per heavy atom. The highest BCUT2D eigenvalue weighted by molar-refractivity contribution is 7.07. The zero-order valence-electron chi connectivity index (χ0n) is 17.6. The first-order valence-corrected chi connectivity index (χ1v) is 11.7. The molecule has 0 N–H and O–H groups in total. The predicted octanol–water partition coefficient (Wildman–Crippen LogP) is 3.50. The molecular formula is C24H24N4O3S. The van der Waals surface area contributed by atoms with Crippen LogP contribution in [0.3, 0.4) is 0 Å². The normalized spacial score (nSPS) is 19.4. The summed E-state index contributed by atoms with van der Waals surface area (Å²) in [7, 11) is 0. The van der Waals surface area contributed by atoms with Crippen molar-refractivity contribution in [2.24, 2.45) is 0 Å². The molecule has 2 amide bonds. The van der Waals surface area contributed by atoms with Gasteiger partial charge in [-0.25, -0.2) is 4.98 Å². The van der Waals surface area contributed by atoms with E-state index in [1.54, 1.807) is 10.9 Å². The average molecular weight is 449 g/mol. The molecule has 1 aromatic heterocycles. The lowest BCUT2D eigenvalue weighted by atomic mass is 10.2. The molecule has 2 aliphatic rings. The number of ether oxygens (including phenoxy) is 1. The Bertz CT molecular complexity index is 1060. The number of rotatable bonds is 5. The smallest absolute Gasteiger partial charge is 0.273 e. The van der Waals surface area contributed by atoms with Crippen molar-refractivity contribution in [3.05, 3.63) is 71.2 Å². The first-order chi connectivity index (χ1) is 15.7. The van der Waals surface area contributed by atoms with Crippen LogP contribution in [-0.2, 0) is 4.79 Å². The van der Waals surface area contributed by atoms with Gasteiger partial charge in [-0.1, -0.05) is 18.2 Å². The molecule has 8 heteroatoms. The van der Waals surface area contributed by atoms with E-state index in [0.29, 0.717) is 31.7 Å². The van der Waals surface area contributed by atoms with Gasteiger partial charge in [0, 0.05) is 56.3 Å². The van der Waals surface area contributed by atoms with Crippen molar-refractivity contribution < 1.29 is 14.3 Å². The average Bonchev–Trinajstić information content (AvgIpc) is 3.50. The van der Waals surface area contributed by atoms with Crippen molar-refractivity contribution in [1.29, 1.82) is 0 Å². The van der Waals surface area contributed by atoms with E-state index in [1.807, 2.05) is 64.4 Å². The van der Waals surface area contributed by atoms with Crippen molar-refractivity contribution in [3.8, 4) is 11.5 Å². The van der Waals surface area contributed by atoms with Crippen molar-refractivity contribution in [2.45, 2.75) is 12.5 Å². The zero-order chi connectivity index (χ0) is 21.9. The summed E-state index contributed by atoms with van der Waals surface area (Å²) in [5.74, 6) is 1.65. The second kappa shape index (κ2) is 9.10. The maximum absolute atomic E-state index is 12.7. The number of aromatic nitrogens is 1. The van der Waals surface area contributed by atoms with Gasteiger partial charge in [-0.3, -0.25) is 14.5 Å². The predicted molar refractivity (Wildman–Crippen MR) is 123 cm³/mol. The van der Waals surface area contributed by atoms with E-state index in [9.17, 15) is 9.59 Å². The molecule has 2 aliphatic heterocycles. The van der Waals surface area contributed by atoms with Gasteiger partial charge in [0.2, 0.25) is 5.91 Å². The van der Waals surface area contributed by atoms with E-state index in [2.05, 4.69) is 9.88 Å². The summed E-state index contributed by atoms with van der Waals surface area (Å²) in [6.07, 6.45) is 0.502. The van der Waals surface area contributed by atoms with Crippen LogP contribution < -0.4 is 9.64 Å². The number of anilines is 1. The maximum Gasteiger partial charge on any atom is 0.273 e. The number of carbonyl (C=O) groups excluding carboxylic acids is 2. The van der Waals surface area contributed by atoms with Crippen LogP contribution in [0.2, 0.25) is 0 Å². The van der Waals surface area contributed by atoms with Crippen molar-refractivity contribution >= 4 is 28.8 Å². The van der Waals surface area contributed by atoms with Gasteiger partial charge in [-0.2, -0.15) is 0 Å². The molecule has 0 aliphatic carbocycles. The Kier molecular flexibility index (Phi) is 5.87. The number of piperazine rings is 1. The van der Waals surface area contributed by atoms with Crippen LogP contribution in [0.25, 0.3) is 0 Å². The van der Waals surface area contributed by atoms with Crippen LogP contribution in [0, 0.1) is 0 Å². The molecule has 2 fully saturated rings. The summed E-state index contributed by atoms with van der Waals surface area (Å²) in [6, 6.07) is 17.5. The molecule has 1 unspecified atom stereocenters. The minimum atomic E-state index is -0.00663. The standard InChI is InChI=1S/C24H24N4O3S/c29-23-14-19(26-10-12-27(13-11-26)24(30)22-16-32-17-25-22)15-28(23)18-6-8-21(9-7-18)31-20-4-2-1-3-5-20/h1-9,16-17,19H,10-15H2. The molecule has 3 aromatic rings. The summed E-state index contributed by atoms with van der Waals surface area (Å²) in [4.78, 5) is 35.4. The van der Waals surface area contributed by atoms with Crippen molar-refractivity contribution in [2.75, 3.05) is 37.6 Å². The van der Waals surface area contributed by atoms with E-state index >= 15 is 0 Å². The minimum absolute atomic E-state index is 0.00663. The van der Waals surface area contributed by atoms with E-state index in [4.69, 9.17) is 4.74 Å². The Morgan fingerprint density at radius 1 is 0.969 bits per heavy atom. The molecule has 7 nitrogen and oxygen atoms in total. The van der Waals surface area contributed by atoms with Gasteiger partial charge in [0.15, 0.2) is 0 Å². The molecule has 3 heterocycles. The number of hydrogen-bond acceptors (Lipinski definition) is 6. The molecule has 0 saturated carbocycles. The Hall–Kier alpha value is -3.23. The summed E-state index contributed by atoms with van der Waals surface area (Å²) in [5.41, 5.74) is 3.09. The number of carbonyl (C=O) groups is 2. The van der Waals surface area contributed by atoms with Crippen LogP contribution in [0.5, 0.6) is 11.5 Å². The number of para-hydroxylation sites is 1. The number of thiazole rings is 1. The molecule has 0 radical (unpaired) electrons. The molecule has 2 saturated heterocycles. The van der Waals surface area contributed by atoms with Crippen LogP contribution >= 0.6 is 11.3 Å². The Labute approximate surface area is 190 Å². The maximum atomic E-state index is 12.7. The third-order valence-electron chi connectivity index (χ3n) is 6.00. The van der Waals surface area contributed by atoms with Crippen LogP contribution in [0.15, 0.2) is 65.5 Å². The van der Waals surface area contributed by atoms with Gasteiger partial charge in [0.1, 0.15) is 17.2 Å². The van der Waals surface area contributed by atoms with Gasteiger partial charge < -0.3 is 14.5 Å². The zero-order valence-corrected chi connectivity index (χ0v) is 18.4. The number of benzene rings is 2. The summed E-state index contributed by atoms with van der Waals surface area (Å²) < 4.78 is 5.85. The number of amides is 2. The molecule has 0 spiro atoms. The molecule has 0 bridgehead atoms. The van der Waals surface area contributed by atoms with Crippen molar-refractivity contribution in [3.63, 3.8) is 0 Å². The third-order valence-corrected chi connectivity index (χ3v) is 6.59. The fourth-order valence-corrected chi connectivity index (χ4v) is 4.80. The Balaban J connectivity index is 1.17. The lowest BCUT2D eigenvalue weighted by molar-refractivity contribution is -0.117. The summed E-state index contributed by atoms with van der Waals surface area (Å²) >= 11 is 1.43. The molecule has 5 rings (SSSR count). The van der Waals surface area contributed by atoms with E-state index < -0.39 is 0 Å². The number of hydrogen-bond donors (Lipinski definition) is 0. The highest BCUT2D eigenvalue weighted by atomic mass is 32.1. The molecule has 1 atom stereocenters. The van der Waals surface area contributed by atoms with Crippen molar-refractivity contribution in [1.82, 2.24) is 14.8 Å². The topological polar surface area (TPSA) is 66.0 Å². The minimum Gasteiger partial charge on any atom is -0.457 e. The summed E-state index contributed by atoms with van der Waals surface area (Å²) in [6.45, 7) is 3.52. The first-order valence-electron chi connectivity index (χ1n) is 10.7. The third kappa shape index (κ3) is 4.37. The largest absolute Gasteiger partial charge is 0.457 e. The molecule has 2 aromatic carbocycles. The molecular weight excluding hydrogens is 424 g/mol. The lowest BCUT2D eigenvalue weighted by Gasteiger charge is -2.37. The quantitative estimate of drug-likeness (QED) is 0.598. The van der Waals surface area contributed by atoms with Crippen LogP contribution in [0.1, 0.15) is 16.9 Å². The monoisotopic (exact) mass is 448 g/mol. The fraction of sp³-hybridized carbons (Fsp3) is 0.292. The van der Waals surface area contributed by atoms with Gasteiger partial charge in [-0.15, -0.1) is 11.3 Å². The van der Waals surface area contributed by atoms with Crippen LogP contribution in [-0.4, -0.2) is 65.4 Å². The summed E-state index contributed by atoms with van der Waals surface area (Å²) in [5, 5.41) is 1.79. The van der Waals surface area contributed by atoms with Crippen LogP contribution in [0.4, 0.5) is 5.69 Å². The molecule has 164 valence electrons. The molecule has 32 heavy (non-hydrogen) atoms. The van der Waals surface area contributed by atoms with Gasteiger partial charge in [0.25, 0.3) is 5.91 Å². The van der Waals surface area contributed by atoms with E-state index in [1.165, 1.54) is 11.3 Å². The van der Waals surface area contributed by atoms with Gasteiger partial charge in [0.05, 0.1) is 5.51 Å². The second-order valence-electron chi connectivity index (χ2n) is 7.97. The van der Waals surface area contributed by atoms with Gasteiger partial charge >= 0.3 is 0 Å².